The number of carbonyl (C=O) groups is 1. The first-order valence-corrected chi connectivity index (χ1v) is 14.2. The third-order valence-corrected chi connectivity index (χ3v) is 8.78. The van der Waals surface area contributed by atoms with Gasteiger partial charge in [0.2, 0.25) is 0 Å². The number of aryl methyl sites for hydroxylation is 6. The van der Waals surface area contributed by atoms with Crippen molar-refractivity contribution in [2.75, 3.05) is 5.73 Å². The van der Waals surface area contributed by atoms with Crippen LogP contribution >= 0.6 is 0 Å². The number of aromatic nitrogens is 6. The molecule has 202 valence electrons. The van der Waals surface area contributed by atoms with E-state index >= 15 is 0 Å². The number of aromatic carboxylic acids is 1. The van der Waals surface area contributed by atoms with Crippen molar-refractivity contribution in [3.63, 3.8) is 0 Å². The minimum Gasteiger partial charge on any atom is -0.477 e. The molecule has 42 heavy (non-hydrogen) atoms. The van der Waals surface area contributed by atoms with Crippen LogP contribution in [0.15, 0.2) is 48.5 Å². The van der Waals surface area contributed by atoms with Crippen molar-refractivity contribution in [1.29, 1.82) is 0 Å². The molecule has 0 saturated heterocycles. The highest BCUT2D eigenvalue weighted by atomic mass is 16.4. The van der Waals surface area contributed by atoms with Gasteiger partial charge in [0, 0.05) is 10.8 Å². The van der Waals surface area contributed by atoms with Gasteiger partial charge < -0.3 is 10.8 Å². The van der Waals surface area contributed by atoms with Crippen LogP contribution in [0.4, 0.5) is 5.82 Å². The average molecular weight is 550 g/mol. The summed E-state index contributed by atoms with van der Waals surface area (Å²) in [4.78, 5) is 40.8. The van der Waals surface area contributed by atoms with Crippen molar-refractivity contribution in [1.82, 2.24) is 29.9 Å². The molecule has 0 amide bonds. The predicted octanol–water partition coefficient (Wildman–Crippen LogP) is 4.94. The number of pyridine rings is 6. The first-order valence-electron chi connectivity index (χ1n) is 14.2. The lowest BCUT2D eigenvalue weighted by molar-refractivity contribution is 0.0690. The van der Waals surface area contributed by atoms with Gasteiger partial charge in [-0.3, -0.25) is 0 Å². The molecule has 3 aliphatic rings. The Labute approximate surface area is 239 Å². The number of carboxylic acid groups (broad SMARTS) is 1. The highest BCUT2D eigenvalue weighted by Gasteiger charge is 2.28. The Morgan fingerprint density at radius 3 is 1.60 bits per heavy atom. The molecule has 0 saturated carbocycles. The highest BCUT2D eigenvalue weighted by molar-refractivity contribution is 5.89. The Hall–Kier alpha value is -5.31. The molecule has 0 atom stereocenters. The largest absolute Gasteiger partial charge is 0.477 e. The molecule has 0 aromatic carbocycles. The second-order valence-corrected chi connectivity index (χ2v) is 11.3. The van der Waals surface area contributed by atoms with E-state index < -0.39 is 5.97 Å². The van der Waals surface area contributed by atoms with Crippen molar-refractivity contribution in [3.8, 4) is 34.2 Å². The topological polar surface area (TPSA) is 141 Å². The van der Waals surface area contributed by atoms with E-state index in [0.717, 1.165) is 94.3 Å². The number of nitrogen functional groups attached to an aromatic ring is 1. The number of fused-ring (bicyclic) bond motifs is 11. The number of hydrogen-bond donors (Lipinski definition) is 2. The maximum absolute atomic E-state index is 11.6. The number of nitrogens with two attached hydrogens (primary N) is 1. The van der Waals surface area contributed by atoms with Gasteiger partial charge in [0.05, 0.1) is 34.2 Å². The first-order chi connectivity index (χ1) is 20.5. The summed E-state index contributed by atoms with van der Waals surface area (Å²) in [5.74, 6) is -0.603. The van der Waals surface area contributed by atoms with E-state index in [9.17, 15) is 9.90 Å². The summed E-state index contributed by atoms with van der Waals surface area (Å²) in [6.07, 6.45) is 5.24. The van der Waals surface area contributed by atoms with E-state index in [0.29, 0.717) is 28.5 Å². The fourth-order valence-corrected chi connectivity index (χ4v) is 6.70. The number of hydrogen-bond acceptors (Lipinski definition) is 8. The van der Waals surface area contributed by atoms with Crippen LogP contribution in [0, 0.1) is 0 Å². The summed E-state index contributed by atoms with van der Waals surface area (Å²) in [7, 11) is 0. The molecule has 0 fully saturated rings. The summed E-state index contributed by atoms with van der Waals surface area (Å²) in [6.45, 7) is 0. The molecule has 0 spiro atoms. The molecule has 0 radical (unpaired) electrons. The summed E-state index contributed by atoms with van der Waals surface area (Å²) in [5, 5.41) is 11.5. The molecule has 0 bridgehead atoms. The zero-order valence-corrected chi connectivity index (χ0v) is 22.5. The second-order valence-electron chi connectivity index (χ2n) is 11.3. The van der Waals surface area contributed by atoms with Gasteiger partial charge in [0.1, 0.15) is 11.5 Å². The molecule has 6 heterocycles. The Kier molecular flexibility index (Phi) is 4.66. The summed E-state index contributed by atoms with van der Waals surface area (Å²) < 4.78 is 0. The van der Waals surface area contributed by atoms with Crippen molar-refractivity contribution in [3.05, 3.63) is 87.6 Å². The van der Waals surface area contributed by atoms with E-state index in [1.807, 2.05) is 12.1 Å². The van der Waals surface area contributed by atoms with E-state index in [4.69, 9.17) is 25.7 Å². The fourth-order valence-electron chi connectivity index (χ4n) is 6.70. The lowest BCUT2D eigenvalue weighted by Crippen LogP contribution is -2.15. The Balaban J connectivity index is 1.22. The summed E-state index contributed by atoms with van der Waals surface area (Å²) in [6, 6.07) is 16.0. The third-order valence-electron chi connectivity index (χ3n) is 8.78. The minimum absolute atomic E-state index is 0.0179. The van der Waals surface area contributed by atoms with Crippen molar-refractivity contribution in [2.24, 2.45) is 0 Å². The van der Waals surface area contributed by atoms with Gasteiger partial charge in [-0.15, -0.1) is 0 Å². The molecule has 9 nitrogen and oxygen atoms in total. The molecule has 0 unspecified atom stereocenters. The van der Waals surface area contributed by atoms with Crippen molar-refractivity contribution in [2.45, 2.75) is 38.5 Å². The van der Waals surface area contributed by atoms with Crippen LogP contribution in [0.3, 0.4) is 0 Å². The second kappa shape index (κ2) is 8.36. The third kappa shape index (κ3) is 3.40. The monoisotopic (exact) mass is 549 g/mol. The molecular formula is C33H23N7O2. The molecular weight excluding hydrogens is 526 g/mol. The zero-order chi connectivity index (χ0) is 28.1. The molecule has 9 heteroatoms. The van der Waals surface area contributed by atoms with Crippen LogP contribution in [0.25, 0.3) is 56.2 Å². The van der Waals surface area contributed by atoms with Gasteiger partial charge in [0.15, 0.2) is 11.3 Å². The van der Waals surface area contributed by atoms with E-state index in [1.54, 1.807) is 12.1 Å². The lowest BCUT2D eigenvalue weighted by atomic mass is 9.86. The van der Waals surface area contributed by atoms with E-state index in [-0.39, 0.29) is 5.69 Å². The summed E-state index contributed by atoms with van der Waals surface area (Å²) >= 11 is 0. The number of anilines is 1. The zero-order valence-electron chi connectivity index (χ0n) is 22.5. The highest BCUT2D eigenvalue weighted by Crippen LogP contribution is 2.40. The minimum atomic E-state index is -1.05. The van der Waals surface area contributed by atoms with Crippen LogP contribution in [0.1, 0.15) is 43.9 Å². The van der Waals surface area contributed by atoms with Crippen molar-refractivity contribution < 1.29 is 9.90 Å². The molecule has 3 N–H and O–H groups in total. The number of nitrogens with zero attached hydrogens (tertiary/aromatic N) is 6. The quantitative estimate of drug-likeness (QED) is 0.292. The van der Waals surface area contributed by atoms with E-state index in [2.05, 4.69) is 34.2 Å². The van der Waals surface area contributed by atoms with Crippen LogP contribution in [-0.4, -0.2) is 41.0 Å². The Morgan fingerprint density at radius 2 is 1.00 bits per heavy atom. The average Bonchev–Trinajstić information content (AvgIpc) is 3.00. The predicted molar refractivity (Wildman–Crippen MR) is 158 cm³/mol. The SMILES string of the molecule is Nc1ccc2cc3c(nc2n1)-c1nc2c(cc1CC3)CCc1cc3cc4c(nc3nc1-2)-c1nc(C(=O)O)ccc1CC4. The standard InChI is InChI=1S/C33H23N7O2/c34-24-10-8-21-12-18-5-3-16-11-17-4-6-20-14-22-13-19-2-1-15-7-9-23(33(41)42)35-25(15)28(19)39-32(22)40-30(20)27(17)37-26(16)29(18)38-31(21)36-24/h7-14H,1-6H2,(H,41,42)(H2,34,36,38). The number of carboxylic acids is 1. The van der Waals surface area contributed by atoms with Crippen LogP contribution in [0.5, 0.6) is 0 Å². The van der Waals surface area contributed by atoms with Gasteiger partial charge >= 0.3 is 5.97 Å². The van der Waals surface area contributed by atoms with Gasteiger partial charge in [-0.25, -0.2) is 34.7 Å². The van der Waals surface area contributed by atoms with Gasteiger partial charge in [0.25, 0.3) is 0 Å². The van der Waals surface area contributed by atoms with E-state index in [1.165, 1.54) is 11.1 Å². The number of rotatable bonds is 1. The maximum Gasteiger partial charge on any atom is 0.354 e. The Morgan fingerprint density at radius 1 is 0.524 bits per heavy atom. The first kappa shape index (κ1) is 23.4. The molecule has 6 aromatic heterocycles. The van der Waals surface area contributed by atoms with Gasteiger partial charge in [-0.05, 0) is 108 Å². The van der Waals surface area contributed by atoms with Gasteiger partial charge in [-0.1, -0.05) is 12.1 Å². The van der Waals surface area contributed by atoms with Crippen LogP contribution in [0.2, 0.25) is 0 Å². The molecule has 0 aliphatic heterocycles. The van der Waals surface area contributed by atoms with Crippen LogP contribution < -0.4 is 5.73 Å². The normalized spacial score (nSPS) is 14.4. The van der Waals surface area contributed by atoms with Crippen molar-refractivity contribution >= 4 is 33.9 Å². The molecule has 9 rings (SSSR count). The molecule has 6 aromatic rings. The molecule has 3 aliphatic carbocycles. The maximum atomic E-state index is 11.6. The Bertz CT molecular complexity index is 2210. The summed E-state index contributed by atoms with van der Waals surface area (Å²) in [5.41, 5.74) is 18.8. The smallest absolute Gasteiger partial charge is 0.354 e. The van der Waals surface area contributed by atoms with Gasteiger partial charge in [-0.2, -0.15) is 0 Å². The lowest BCUT2D eigenvalue weighted by Gasteiger charge is -2.25. The van der Waals surface area contributed by atoms with Crippen LogP contribution in [-0.2, 0) is 38.5 Å². The fraction of sp³-hybridized carbons (Fsp3) is 0.182.